The number of aryl methyl sites for hydroxylation is 1. The Labute approximate surface area is 250 Å². The summed E-state index contributed by atoms with van der Waals surface area (Å²) in [7, 11) is 0. The minimum absolute atomic E-state index is 0.165. The number of carbonyl (C=O) groups is 3. The highest BCUT2D eigenvalue weighted by Gasteiger charge is 2.23. The third-order valence-corrected chi connectivity index (χ3v) is 7.33. The summed E-state index contributed by atoms with van der Waals surface area (Å²) in [6.07, 6.45) is 0.713. The number of rotatable bonds is 7. The molecule has 4 aromatic carbocycles. The van der Waals surface area contributed by atoms with Crippen molar-refractivity contribution in [3.63, 3.8) is 0 Å². The third kappa shape index (κ3) is 7.77. The molecular weight excluding hydrogens is 545 g/mol. The average Bonchev–Trinajstić information content (AvgIpc) is 3.29. The zero-order chi connectivity index (χ0) is 30.2. The van der Waals surface area contributed by atoms with E-state index >= 15 is 0 Å². The van der Waals surface area contributed by atoms with Crippen LogP contribution < -0.4 is 20.9 Å². The molecule has 1 aliphatic rings. The van der Waals surface area contributed by atoms with Crippen LogP contribution in [0, 0.1) is 12.7 Å². The lowest BCUT2D eigenvalue weighted by molar-refractivity contribution is 0.0950. The fourth-order valence-corrected chi connectivity index (χ4v) is 4.94. The summed E-state index contributed by atoms with van der Waals surface area (Å²) in [5.41, 5.74) is 4.70. The van der Waals surface area contributed by atoms with Gasteiger partial charge in [0.15, 0.2) is 0 Å². The van der Waals surface area contributed by atoms with Gasteiger partial charge in [-0.05, 0) is 73.5 Å². The van der Waals surface area contributed by atoms with Crippen molar-refractivity contribution >= 4 is 34.9 Å². The van der Waals surface area contributed by atoms with Gasteiger partial charge in [-0.3, -0.25) is 9.59 Å². The molecule has 0 spiro atoms. The van der Waals surface area contributed by atoms with Gasteiger partial charge in [0.05, 0.1) is 5.56 Å². The standard InChI is InChI=1S/C34H34FN5O3/c1-24-8-14-28(15-9-24)38-34(43)40-19-5-18-39(20-21-40)31-17-16-29(37-32(41)26-6-3-2-4-7-26)22-30(31)33(42)36-23-25-10-12-27(35)13-11-25/h2-4,6-17,22H,5,18-21,23H2,1H3,(H,36,42)(H,37,41)(H,38,43). The zero-order valence-electron chi connectivity index (χ0n) is 24.0. The Morgan fingerprint density at radius 3 is 2.21 bits per heavy atom. The normalized spacial score (nSPS) is 13.2. The Balaban J connectivity index is 1.33. The number of benzene rings is 4. The van der Waals surface area contributed by atoms with E-state index in [1.807, 2.05) is 43.3 Å². The van der Waals surface area contributed by atoms with Crippen LogP contribution in [0.15, 0.2) is 97.1 Å². The van der Waals surface area contributed by atoms with Gasteiger partial charge in [-0.2, -0.15) is 0 Å². The highest BCUT2D eigenvalue weighted by molar-refractivity contribution is 6.06. The lowest BCUT2D eigenvalue weighted by Gasteiger charge is -2.26. The number of amides is 4. The maximum atomic E-state index is 13.5. The van der Waals surface area contributed by atoms with Crippen LogP contribution in [0.1, 0.15) is 38.3 Å². The Hall–Kier alpha value is -5.18. The molecule has 8 nitrogen and oxygen atoms in total. The summed E-state index contributed by atoms with van der Waals surface area (Å²) in [6, 6.07) is 27.6. The number of hydrogen-bond acceptors (Lipinski definition) is 4. The fourth-order valence-electron chi connectivity index (χ4n) is 4.94. The van der Waals surface area contributed by atoms with Gasteiger partial charge in [-0.1, -0.05) is 48.0 Å². The highest BCUT2D eigenvalue weighted by atomic mass is 19.1. The van der Waals surface area contributed by atoms with E-state index in [1.165, 1.54) is 12.1 Å². The second-order valence-electron chi connectivity index (χ2n) is 10.5. The zero-order valence-corrected chi connectivity index (χ0v) is 24.0. The van der Waals surface area contributed by atoms with Crippen LogP contribution in [-0.2, 0) is 6.54 Å². The van der Waals surface area contributed by atoms with E-state index in [1.54, 1.807) is 53.4 Å². The lowest BCUT2D eigenvalue weighted by Crippen LogP contribution is -2.38. The summed E-state index contributed by atoms with van der Waals surface area (Å²) in [4.78, 5) is 43.2. The number of halogens is 1. The van der Waals surface area contributed by atoms with Gasteiger partial charge in [0.2, 0.25) is 0 Å². The van der Waals surface area contributed by atoms with Crippen LogP contribution in [0.4, 0.5) is 26.2 Å². The monoisotopic (exact) mass is 579 g/mol. The minimum atomic E-state index is -0.345. The molecule has 1 saturated heterocycles. The van der Waals surface area contributed by atoms with Gasteiger partial charge in [-0.15, -0.1) is 0 Å². The molecular formula is C34H34FN5O3. The number of anilines is 3. The molecule has 0 atom stereocenters. The van der Waals surface area contributed by atoms with Crippen molar-refractivity contribution in [3.05, 3.63) is 125 Å². The van der Waals surface area contributed by atoms with Crippen molar-refractivity contribution in [1.29, 1.82) is 0 Å². The molecule has 43 heavy (non-hydrogen) atoms. The first-order valence-corrected chi connectivity index (χ1v) is 14.3. The number of hydrogen-bond donors (Lipinski definition) is 3. The van der Waals surface area contributed by atoms with E-state index in [-0.39, 0.29) is 30.2 Å². The molecule has 0 saturated carbocycles. The average molecular weight is 580 g/mol. The molecule has 0 aliphatic carbocycles. The van der Waals surface area contributed by atoms with E-state index in [9.17, 15) is 18.8 Å². The van der Waals surface area contributed by atoms with Crippen LogP contribution in [-0.4, -0.2) is 48.9 Å². The van der Waals surface area contributed by atoms with Crippen molar-refractivity contribution < 1.29 is 18.8 Å². The van der Waals surface area contributed by atoms with E-state index in [2.05, 4.69) is 20.9 Å². The first-order valence-electron chi connectivity index (χ1n) is 14.3. The predicted octanol–water partition coefficient (Wildman–Crippen LogP) is 6.06. The van der Waals surface area contributed by atoms with Crippen molar-refractivity contribution in [3.8, 4) is 0 Å². The largest absolute Gasteiger partial charge is 0.369 e. The molecule has 3 N–H and O–H groups in total. The molecule has 4 amide bonds. The molecule has 220 valence electrons. The first-order chi connectivity index (χ1) is 20.9. The molecule has 0 aromatic heterocycles. The summed E-state index contributed by atoms with van der Waals surface area (Å²) in [6.45, 7) is 4.42. The van der Waals surface area contributed by atoms with Crippen molar-refractivity contribution in [1.82, 2.24) is 10.2 Å². The van der Waals surface area contributed by atoms with E-state index in [4.69, 9.17) is 0 Å². The molecule has 1 aliphatic heterocycles. The van der Waals surface area contributed by atoms with E-state index in [0.717, 1.165) is 16.8 Å². The van der Waals surface area contributed by atoms with Gasteiger partial charge >= 0.3 is 6.03 Å². The quantitative estimate of drug-likeness (QED) is 0.248. The van der Waals surface area contributed by atoms with Crippen LogP contribution in [0.25, 0.3) is 0 Å². The van der Waals surface area contributed by atoms with Crippen molar-refractivity contribution in [2.75, 3.05) is 41.7 Å². The molecule has 0 unspecified atom stereocenters. The Bertz CT molecular complexity index is 1580. The molecule has 5 rings (SSSR count). The van der Waals surface area contributed by atoms with Crippen LogP contribution in [0.5, 0.6) is 0 Å². The van der Waals surface area contributed by atoms with Crippen molar-refractivity contribution in [2.24, 2.45) is 0 Å². The second kappa shape index (κ2) is 13.7. The smallest absolute Gasteiger partial charge is 0.321 e. The number of carbonyl (C=O) groups excluding carboxylic acids is 3. The Morgan fingerprint density at radius 1 is 0.744 bits per heavy atom. The number of nitrogens with one attached hydrogen (secondary N) is 3. The Kier molecular flexibility index (Phi) is 9.31. The van der Waals surface area contributed by atoms with Crippen LogP contribution in [0.3, 0.4) is 0 Å². The van der Waals surface area contributed by atoms with E-state index in [0.29, 0.717) is 55.1 Å². The predicted molar refractivity (Wildman–Crippen MR) is 167 cm³/mol. The summed E-state index contributed by atoms with van der Waals surface area (Å²) < 4.78 is 13.4. The lowest BCUT2D eigenvalue weighted by atomic mass is 10.1. The third-order valence-electron chi connectivity index (χ3n) is 7.33. The molecule has 1 fully saturated rings. The van der Waals surface area contributed by atoms with E-state index < -0.39 is 0 Å². The van der Waals surface area contributed by atoms with Gasteiger partial charge in [0.25, 0.3) is 11.8 Å². The van der Waals surface area contributed by atoms with Gasteiger partial charge in [-0.25, -0.2) is 9.18 Å². The first kappa shape index (κ1) is 29.3. The molecule has 4 aromatic rings. The van der Waals surface area contributed by atoms with Gasteiger partial charge in [0.1, 0.15) is 5.82 Å². The number of urea groups is 1. The van der Waals surface area contributed by atoms with Gasteiger partial charge in [0, 0.05) is 55.3 Å². The fraction of sp³-hybridized carbons (Fsp3) is 0.206. The second-order valence-corrected chi connectivity index (χ2v) is 10.5. The maximum absolute atomic E-state index is 13.5. The summed E-state index contributed by atoms with van der Waals surface area (Å²) >= 11 is 0. The van der Waals surface area contributed by atoms with Crippen molar-refractivity contribution in [2.45, 2.75) is 19.9 Å². The summed E-state index contributed by atoms with van der Waals surface area (Å²) in [5, 5.41) is 8.78. The van der Waals surface area contributed by atoms with Crippen LogP contribution >= 0.6 is 0 Å². The SMILES string of the molecule is Cc1ccc(NC(=O)N2CCCN(c3ccc(NC(=O)c4ccccc4)cc3C(=O)NCc3ccc(F)cc3)CC2)cc1. The number of nitrogens with zero attached hydrogens (tertiary/aromatic N) is 2. The Morgan fingerprint density at radius 2 is 1.47 bits per heavy atom. The molecule has 1 heterocycles. The molecule has 9 heteroatoms. The molecule has 0 radical (unpaired) electrons. The van der Waals surface area contributed by atoms with Gasteiger partial charge < -0.3 is 25.8 Å². The highest BCUT2D eigenvalue weighted by Crippen LogP contribution is 2.27. The topological polar surface area (TPSA) is 93.8 Å². The molecule has 0 bridgehead atoms. The van der Waals surface area contributed by atoms with Crippen LogP contribution in [0.2, 0.25) is 0 Å². The maximum Gasteiger partial charge on any atom is 0.321 e. The minimum Gasteiger partial charge on any atom is -0.369 e. The summed E-state index contributed by atoms with van der Waals surface area (Å²) in [5.74, 6) is -0.952.